The van der Waals surface area contributed by atoms with Crippen molar-refractivity contribution in [3.63, 3.8) is 0 Å². The van der Waals surface area contributed by atoms with Gasteiger partial charge in [-0.15, -0.1) is 0 Å². The summed E-state index contributed by atoms with van der Waals surface area (Å²) < 4.78 is 12.0. The van der Waals surface area contributed by atoms with Crippen LogP contribution in [0.1, 0.15) is 47.5 Å². The summed E-state index contributed by atoms with van der Waals surface area (Å²) in [6.45, 7) is 11.8. The van der Waals surface area contributed by atoms with E-state index >= 15 is 0 Å². The molecular formula is C18H30O2. The number of hydrogen-bond acceptors (Lipinski definition) is 2. The van der Waals surface area contributed by atoms with Crippen molar-refractivity contribution in [1.82, 2.24) is 0 Å². The first-order valence-corrected chi connectivity index (χ1v) is 7.86. The van der Waals surface area contributed by atoms with E-state index in [1.807, 2.05) is 37.3 Å². The molecular weight excluding hydrogens is 248 g/mol. The minimum absolute atomic E-state index is 0.146. The van der Waals surface area contributed by atoms with Crippen molar-refractivity contribution in [2.75, 3.05) is 6.61 Å². The number of hydrogen-bond donors (Lipinski definition) is 0. The Kier molecular flexibility index (Phi) is 7.68. The monoisotopic (exact) mass is 278 g/mol. The van der Waals surface area contributed by atoms with Crippen molar-refractivity contribution in [2.45, 2.75) is 53.8 Å². The van der Waals surface area contributed by atoms with Crippen LogP contribution in [0.2, 0.25) is 0 Å². The quantitative estimate of drug-likeness (QED) is 0.582. The molecule has 0 fully saturated rings. The van der Waals surface area contributed by atoms with E-state index in [0.29, 0.717) is 24.4 Å². The van der Waals surface area contributed by atoms with Crippen LogP contribution < -0.4 is 4.74 Å². The van der Waals surface area contributed by atoms with Crippen LogP contribution in [0.5, 0.6) is 5.75 Å². The van der Waals surface area contributed by atoms with Gasteiger partial charge < -0.3 is 9.47 Å². The summed E-state index contributed by atoms with van der Waals surface area (Å²) in [7, 11) is 0. The van der Waals surface area contributed by atoms with E-state index in [-0.39, 0.29) is 6.29 Å². The molecule has 0 bridgehead atoms. The maximum atomic E-state index is 6.10. The molecule has 1 aromatic rings. The molecule has 0 N–H and O–H groups in total. The molecule has 0 aliphatic carbocycles. The number of para-hydroxylation sites is 1. The lowest BCUT2D eigenvalue weighted by atomic mass is 9.89. The van der Waals surface area contributed by atoms with Gasteiger partial charge in [0.2, 0.25) is 6.29 Å². The standard InChI is InChI=1S/C18H30O2/c1-6-19-18(20-17-10-8-7-9-11-17)16(12-14(2)3)13-15(4)5/h7-11,14-16,18H,6,12-13H2,1-5H3. The third-order valence-corrected chi connectivity index (χ3v) is 3.26. The van der Waals surface area contributed by atoms with E-state index in [9.17, 15) is 0 Å². The molecule has 0 radical (unpaired) electrons. The molecule has 0 spiro atoms. The topological polar surface area (TPSA) is 18.5 Å². The number of benzene rings is 1. The van der Waals surface area contributed by atoms with Gasteiger partial charge in [0.05, 0.1) is 0 Å². The molecule has 1 atom stereocenters. The second-order valence-corrected chi connectivity index (χ2v) is 6.27. The Bertz CT molecular complexity index is 336. The highest BCUT2D eigenvalue weighted by atomic mass is 16.7. The van der Waals surface area contributed by atoms with Crippen molar-refractivity contribution in [3.8, 4) is 5.75 Å². The second-order valence-electron chi connectivity index (χ2n) is 6.27. The molecule has 20 heavy (non-hydrogen) atoms. The molecule has 0 amide bonds. The third-order valence-electron chi connectivity index (χ3n) is 3.26. The Balaban J connectivity index is 2.77. The van der Waals surface area contributed by atoms with Gasteiger partial charge in [0, 0.05) is 12.5 Å². The van der Waals surface area contributed by atoms with E-state index in [2.05, 4.69) is 27.7 Å². The smallest absolute Gasteiger partial charge is 0.202 e. The lowest BCUT2D eigenvalue weighted by Crippen LogP contribution is -2.32. The van der Waals surface area contributed by atoms with E-state index < -0.39 is 0 Å². The molecule has 0 aliphatic rings. The van der Waals surface area contributed by atoms with Crippen molar-refractivity contribution in [1.29, 1.82) is 0 Å². The van der Waals surface area contributed by atoms with Crippen molar-refractivity contribution in [3.05, 3.63) is 30.3 Å². The van der Waals surface area contributed by atoms with Gasteiger partial charge in [0.1, 0.15) is 5.75 Å². The number of ether oxygens (including phenoxy) is 2. The molecule has 2 nitrogen and oxygen atoms in total. The Morgan fingerprint density at radius 3 is 1.90 bits per heavy atom. The summed E-state index contributed by atoms with van der Waals surface area (Å²) in [4.78, 5) is 0. The van der Waals surface area contributed by atoms with E-state index in [1.165, 1.54) is 0 Å². The highest BCUT2D eigenvalue weighted by molar-refractivity contribution is 5.21. The average Bonchev–Trinajstić information content (AvgIpc) is 2.37. The van der Waals surface area contributed by atoms with Crippen LogP contribution >= 0.6 is 0 Å². The molecule has 0 aromatic heterocycles. The summed E-state index contributed by atoms with van der Waals surface area (Å²) >= 11 is 0. The van der Waals surface area contributed by atoms with Gasteiger partial charge in [-0.25, -0.2) is 0 Å². The van der Waals surface area contributed by atoms with E-state index in [0.717, 1.165) is 18.6 Å². The number of rotatable bonds is 9. The SMILES string of the molecule is CCOC(Oc1ccccc1)C(CC(C)C)CC(C)C. The van der Waals surface area contributed by atoms with Gasteiger partial charge in [0.15, 0.2) is 0 Å². The van der Waals surface area contributed by atoms with Gasteiger partial charge in [-0.3, -0.25) is 0 Å². The minimum Gasteiger partial charge on any atom is -0.465 e. The molecule has 0 saturated carbocycles. The Morgan fingerprint density at radius 1 is 0.900 bits per heavy atom. The normalized spacial score (nSPS) is 13.2. The van der Waals surface area contributed by atoms with Crippen LogP contribution in [-0.2, 0) is 4.74 Å². The first-order valence-electron chi connectivity index (χ1n) is 7.86. The zero-order valence-corrected chi connectivity index (χ0v) is 13.6. The van der Waals surface area contributed by atoms with Crippen molar-refractivity contribution < 1.29 is 9.47 Å². The maximum absolute atomic E-state index is 6.10. The largest absolute Gasteiger partial charge is 0.465 e. The van der Waals surface area contributed by atoms with Gasteiger partial charge >= 0.3 is 0 Å². The van der Waals surface area contributed by atoms with Gasteiger partial charge in [-0.2, -0.15) is 0 Å². The van der Waals surface area contributed by atoms with Gasteiger partial charge in [-0.1, -0.05) is 45.9 Å². The predicted octanol–water partition coefficient (Wildman–Crippen LogP) is 5.14. The first-order chi connectivity index (χ1) is 9.52. The van der Waals surface area contributed by atoms with E-state index in [1.54, 1.807) is 0 Å². The molecule has 114 valence electrons. The summed E-state index contributed by atoms with van der Waals surface area (Å²) in [5, 5.41) is 0. The molecule has 2 heteroatoms. The average molecular weight is 278 g/mol. The molecule has 1 unspecified atom stereocenters. The minimum atomic E-state index is -0.146. The van der Waals surface area contributed by atoms with Crippen LogP contribution in [-0.4, -0.2) is 12.9 Å². The lowest BCUT2D eigenvalue weighted by Gasteiger charge is -2.30. The zero-order valence-electron chi connectivity index (χ0n) is 13.6. The fourth-order valence-electron chi connectivity index (χ4n) is 2.59. The first kappa shape index (κ1) is 17.0. The van der Waals surface area contributed by atoms with Crippen LogP contribution in [0.25, 0.3) is 0 Å². The summed E-state index contributed by atoms with van der Waals surface area (Å²) in [6.07, 6.45) is 2.12. The van der Waals surface area contributed by atoms with Crippen molar-refractivity contribution in [2.24, 2.45) is 17.8 Å². The Hall–Kier alpha value is -1.02. The lowest BCUT2D eigenvalue weighted by molar-refractivity contribution is -0.120. The Labute approximate surface area is 124 Å². The van der Waals surface area contributed by atoms with Crippen molar-refractivity contribution >= 4 is 0 Å². The zero-order chi connectivity index (χ0) is 15.0. The molecule has 1 aromatic carbocycles. The summed E-state index contributed by atoms with van der Waals surface area (Å²) in [5.41, 5.74) is 0. The highest BCUT2D eigenvalue weighted by Gasteiger charge is 2.25. The molecule has 0 aliphatic heterocycles. The van der Waals surface area contributed by atoms with Crippen LogP contribution in [0.15, 0.2) is 30.3 Å². The van der Waals surface area contributed by atoms with Gasteiger partial charge in [-0.05, 0) is 43.7 Å². The fraction of sp³-hybridized carbons (Fsp3) is 0.667. The van der Waals surface area contributed by atoms with Gasteiger partial charge in [0.25, 0.3) is 0 Å². The van der Waals surface area contributed by atoms with Crippen LogP contribution in [0.3, 0.4) is 0 Å². The maximum Gasteiger partial charge on any atom is 0.202 e. The predicted molar refractivity (Wildman–Crippen MR) is 84.9 cm³/mol. The summed E-state index contributed by atoms with van der Waals surface area (Å²) in [5.74, 6) is 2.64. The Morgan fingerprint density at radius 2 is 1.45 bits per heavy atom. The van der Waals surface area contributed by atoms with Crippen LogP contribution in [0, 0.1) is 17.8 Å². The fourth-order valence-corrected chi connectivity index (χ4v) is 2.59. The van der Waals surface area contributed by atoms with Crippen LogP contribution in [0.4, 0.5) is 0 Å². The third kappa shape index (κ3) is 6.42. The molecule has 0 saturated heterocycles. The summed E-state index contributed by atoms with van der Waals surface area (Å²) in [6, 6.07) is 9.99. The van der Waals surface area contributed by atoms with E-state index in [4.69, 9.17) is 9.47 Å². The second kappa shape index (κ2) is 9.02. The highest BCUT2D eigenvalue weighted by Crippen LogP contribution is 2.27. The molecule has 0 heterocycles. The molecule has 1 rings (SSSR count).